The van der Waals surface area contributed by atoms with E-state index in [0.29, 0.717) is 0 Å². The zero-order valence-corrected chi connectivity index (χ0v) is 19.2. The Morgan fingerprint density at radius 3 is 2.26 bits per heavy atom. The summed E-state index contributed by atoms with van der Waals surface area (Å²) in [5.41, 5.74) is 4.22. The highest BCUT2D eigenvalue weighted by Crippen LogP contribution is 2.25. The van der Waals surface area contributed by atoms with Crippen molar-refractivity contribution in [2.45, 2.75) is 31.7 Å². The van der Waals surface area contributed by atoms with E-state index in [9.17, 15) is 4.79 Å². The number of amides is 1. The Labute approximate surface area is 188 Å². The average molecular weight is 436 g/mol. The number of rotatable bonds is 6. The molecule has 0 bridgehead atoms. The van der Waals surface area contributed by atoms with Crippen LogP contribution in [-0.4, -0.2) is 63.2 Å². The maximum atomic E-state index is 12.8. The number of hydrogen-bond acceptors (Lipinski definition) is 5. The van der Waals surface area contributed by atoms with E-state index in [1.165, 1.54) is 5.56 Å². The van der Waals surface area contributed by atoms with Crippen LogP contribution in [0.1, 0.15) is 34.2 Å². The van der Waals surface area contributed by atoms with Gasteiger partial charge in [-0.3, -0.25) is 9.36 Å². The quantitative estimate of drug-likeness (QED) is 0.549. The molecule has 4 rings (SSSR count). The van der Waals surface area contributed by atoms with E-state index in [1.54, 1.807) is 11.8 Å². The summed E-state index contributed by atoms with van der Waals surface area (Å²) >= 11 is 1.65. The lowest BCUT2D eigenvalue weighted by Gasteiger charge is -2.34. The maximum absolute atomic E-state index is 12.8. The molecule has 1 amide bonds. The molecule has 1 fully saturated rings. The summed E-state index contributed by atoms with van der Waals surface area (Å²) in [6.45, 7) is 10.8. The summed E-state index contributed by atoms with van der Waals surface area (Å²) in [6, 6.07) is 16.4. The van der Waals surface area contributed by atoms with Gasteiger partial charge in [0.1, 0.15) is 5.82 Å². The minimum absolute atomic E-state index is 0.129. The van der Waals surface area contributed by atoms with Gasteiger partial charge in [0, 0.05) is 43.2 Å². The van der Waals surface area contributed by atoms with Gasteiger partial charge >= 0.3 is 0 Å². The first-order valence-electron chi connectivity index (χ1n) is 10.8. The number of carbonyl (C=O) groups is 1. The van der Waals surface area contributed by atoms with E-state index < -0.39 is 0 Å². The van der Waals surface area contributed by atoms with Crippen molar-refractivity contribution in [3.63, 3.8) is 0 Å². The van der Waals surface area contributed by atoms with Gasteiger partial charge in [-0.1, -0.05) is 48.5 Å². The molecule has 0 atom stereocenters. The van der Waals surface area contributed by atoms with Crippen LogP contribution in [0.2, 0.25) is 0 Å². The predicted octanol–water partition coefficient (Wildman–Crippen LogP) is 3.95. The first-order chi connectivity index (χ1) is 15.0. The van der Waals surface area contributed by atoms with Gasteiger partial charge in [-0.2, -0.15) is 0 Å². The van der Waals surface area contributed by atoms with Crippen LogP contribution in [0.5, 0.6) is 0 Å². The fraction of sp³-hybridized carbons (Fsp3) is 0.375. The fourth-order valence-corrected chi connectivity index (χ4v) is 4.72. The van der Waals surface area contributed by atoms with Crippen molar-refractivity contribution in [2.75, 3.05) is 32.7 Å². The van der Waals surface area contributed by atoms with Gasteiger partial charge in [0.05, 0.1) is 0 Å². The molecule has 0 saturated carbocycles. The first kappa shape index (κ1) is 21.6. The molecule has 31 heavy (non-hydrogen) atoms. The van der Waals surface area contributed by atoms with Crippen molar-refractivity contribution in [3.05, 3.63) is 71.0 Å². The Morgan fingerprint density at radius 1 is 0.935 bits per heavy atom. The molecule has 2 aromatic carbocycles. The van der Waals surface area contributed by atoms with Gasteiger partial charge in [0.25, 0.3) is 5.91 Å². The summed E-state index contributed by atoms with van der Waals surface area (Å²) < 4.78 is 2.08. The van der Waals surface area contributed by atoms with Crippen molar-refractivity contribution in [3.8, 4) is 5.69 Å². The van der Waals surface area contributed by atoms with Gasteiger partial charge in [0.2, 0.25) is 0 Å². The second-order valence-electron chi connectivity index (χ2n) is 7.91. The molecule has 1 aliphatic heterocycles. The van der Waals surface area contributed by atoms with E-state index in [-0.39, 0.29) is 5.91 Å². The zero-order chi connectivity index (χ0) is 21.8. The largest absolute Gasteiger partial charge is 0.336 e. The van der Waals surface area contributed by atoms with Crippen LogP contribution >= 0.6 is 11.8 Å². The van der Waals surface area contributed by atoms with Crippen LogP contribution in [0.15, 0.2) is 53.7 Å². The number of benzene rings is 2. The van der Waals surface area contributed by atoms with Crippen LogP contribution in [-0.2, 0) is 5.75 Å². The summed E-state index contributed by atoms with van der Waals surface area (Å²) in [6.07, 6.45) is 0. The molecule has 1 saturated heterocycles. The Kier molecular flexibility index (Phi) is 6.73. The SMILES string of the molecule is CCN1CCN(C(=O)c2ccc(CSc3nnc(C)n3-c3ccc(C)cc3)cc2)CC1. The molecular formula is C24H29N5OS. The van der Waals surface area contributed by atoms with Gasteiger partial charge in [-0.25, -0.2) is 0 Å². The number of piperazine rings is 1. The zero-order valence-electron chi connectivity index (χ0n) is 18.4. The molecule has 0 unspecified atom stereocenters. The number of likely N-dealkylation sites (N-methyl/N-ethyl adjacent to an activating group) is 1. The third-order valence-electron chi connectivity index (χ3n) is 5.76. The number of aromatic nitrogens is 3. The molecule has 2 heterocycles. The van der Waals surface area contributed by atoms with Crippen LogP contribution in [0.3, 0.4) is 0 Å². The molecule has 7 heteroatoms. The van der Waals surface area contributed by atoms with Gasteiger partial charge < -0.3 is 9.80 Å². The number of aryl methyl sites for hydroxylation is 2. The molecule has 3 aromatic rings. The molecule has 0 radical (unpaired) electrons. The minimum atomic E-state index is 0.129. The van der Waals surface area contributed by atoms with Crippen molar-refractivity contribution < 1.29 is 4.79 Å². The fourth-order valence-electron chi connectivity index (χ4n) is 3.77. The summed E-state index contributed by atoms with van der Waals surface area (Å²) in [5.74, 6) is 1.77. The highest BCUT2D eigenvalue weighted by atomic mass is 32.2. The molecule has 0 spiro atoms. The normalized spacial score (nSPS) is 14.7. The van der Waals surface area contributed by atoms with E-state index in [0.717, 1.165) is 66.3 Å². The van der Waals surface area contributed by atoms with E-state index in [1.807, 2.05) is 36.1 Å². The van der Waals surface area contributed by atoms with Crippen molar-refractivity contribution >= 4 is 17.7 Å². The van der Waals surface area contributed by atoms with Gasteiger partial charge in [-0.05, 0) is 50.2 Å². The Morgan fingerprint density at radius 2 is 1.61 bits per heavy atom. The number of thioether (sulfide) groups is 1. The number of nitrogens with zero attached hydrogens (tertiary/aromatic N) is 5. The van der Waals surface area contributed by atoms with Crippen LogP contribution in [0, 0.1) is 13.8 Å². The third kappa shape index (κ3) is 4.99. The van der Waals surface area contributed by atoms with E-state index >= 15 is 0 Å². The molecule has 162 valence electrons. The number of carbonyl (C=O) groups excluding carboxylic acids is 1. The monoisotopic (exact) mass is 435 g/mol. The van der Waals surface area contributed by atoms with E-state index in [2.05, 4.69) is 57.8 Å². The second-order valence-corrected chi connectivity index (χ2v) is 8.86. The molecular weight excluding hydrogens is 406 g/mol. The lowest BCUT2D eigenvalue weighted by atomic mass is 10.1. The highest BCUT2D eigenvalue weighted by Gasteiger charge is 2.21. The topological polar surface area (TPSA) is 54.3 Å². The lowest BCUT2D eigenvalue weighted by Crippen LogP contribution is -2.48. The standard InChI is InChI=1S/C24H29N5OS/c1-4-27-13-15-28(16-14-27)23(30)21-9-7-20(8-10-21)17-31-24-26-25-19(3)29(24)22-11-5-18(2)6-12-22/h5-12H,4,13-17H2,1-3H3. The summed E-state index contributed by atoms with van der Waals surface area (Å²) in [4.78, 5) is 17.1. The Hall–Kier alpha value is -2.64. The Bertz CT molecular complexity index is 1020. The summed E-state index contributed by atoms with van der Waals surface area (Å²) in [5, 5.41) is 9.50. The highest BCUT2D eigenvalue weighted by molar-refractivity contribution is 7.98. The van der Waals surface area contributed by atoms with Crippen molar-refractivity contribution in [1.29, 1.82) is 0 Å². The minimum Gasteiger partial charge on any atom is -0.336 e. The average Bonchev–Trinajstić information content (AvgIpc) is 3.18. The number of hydrogen-bond donors (Lipinski definition) is 0. The third-order valence-corrected chi connectivity index (χ3v) is 6.76. The predicted molar refractivity (Wildman–Crippen MR) is 125 cm³/mol. The van der Waals surface area contributed by atoms with E-state index in [4.69, 9.17) is 0 Å². The molecule has 0 N–H and O–H groups in total. The molecule has 1 aromatic heterocycles. The van der Waals surface area contributed by atoms with Crippen LogP contribution in [0.25, 0.3) is 5.69 Å². The maximum Gasteiger partial charge on any atom is 0.253 e. The lowest BCUT2D eigenvalue weighted by molar-refractivity contribution is 0.0643. The van der Waals surface area contributed by atoms with Gasteiger partial charge in [0.15, 0.2) is 5.16 Å². The van der Waals surface area contributed by atoms with Crippen molar-refractivity contribution in [1.82, 2.24) is 24.6 Å². The van der Waals surface area contributed by atoms with Gasteiger partial charge in [-0.15, -0.1) is 10.2 Å². The molecule has 6 nitrogen and oxygen atoms in total. The first-order valence-corrected chi connectivity index (χ1v) is 11.8. The van der Waals surface area contributed by atoms with Crippen molar-refractivity contribution in [2.24, 2.45) is 0 Å². The molecule has 0 aliphatic carbocycles. The molecule has 1 aliphatic rings. The van der Waals surface area contributed by atoms with Crippen LogP contribution in [0.4, 0.5) is 0 Å². The Balaban J connectivity index is 1.39. The summed E-state index contributed by atoms with van der Waals surface area (Å²) in [7, 11) is 0. The second kappa shape index (κ2) is 9.66. The van der Waals surface area contributed by atoms with Crippen LogP contribution < -0.4 is 0 Å². The smallest absolute Gasteiger partial charge is 0.253 e.